The van der Waals surface area contributed by atoms with Gasteiger partial charge in [-0.15, -0.1) is 0 Å². The van der Waals surface area contributed by atoms with Crippen LogP contribution in [0, 0.1) is 5.92 Å². The molecule has 0 aromatic heterocycles. The van der Waals surface area contributed by atoms with Crippen LogP contribution in [0.25, 0.3) is 0 Å². The average Bonchev–Trinajstić information content (AvgIpc) is 2.14. The molecule has 0 saturated carbocycles. The summed E-state index contributed by atoms with van der Waals surface area (Å²) in [5.41, 5.74) is -0.732. The lowest BCUT2D eigenvalue weighted by atomic mass is 9.84. The number of aliphatic imine (C=N–C) groups is 1. The van der Waals surface area contributed by atoms with E-state index in [0.717, 1.165) is 6.42 Å². The Morgan fingerprint density at radius 2 is 2.07 bits per heavy atom. The Bertz CT molecular complexity index is 255. The highest BCUT2D eigenvalue weighted by Crippen LogP contribution is 2.26. The molecule has 0 aliphatic carbocycles. The first-order valence-corrected chi connectivity index (χ1v) is 5.25. The van der Waals surface area contributed by atoms with Gasteiger partial charge in [0.25, 0.3) is 0 Å². The fourth-order valence-electron chi connectivity index (χ4n) is 1.49. The molecule has 0 rings (SSSR count). The molecule has 1 unspecified atom stereocenters. The zero-order valence-corrected chi connectivity index (χ0v) is 9.87. The Morgan fingerprint density at radius 1 is 1.47 bits per heavy atom. The van der Waals surface area contributed by atoms with Gasteiger partial charge in [-0.25, -0.2) is 4.79 Å². The zero-order valence-electron chi connectivity index (χ0n) is 9.87. The molecule has 0 N–H and O–H groups in total. The maximum absolute atomic E-state index is 11.6. The molecule has 0 spiro atoms. The van der Waals surface area contributed by atoms with Crippen molar-refractivity contribution in [3.63, 3.8) is 0 Å². The maximum Gasteiger partial charge on any atom is 0.311 e. The minimum atomic E-state index is -0.732. The van der Waals surface area contributed by atoms with Crippen molar-refractivity contribution >= 4 is 12.0 Å². The van der Waals surface area contributed by atoms with Gasteiger partial charge in [-0.1, -0.05) is 13.3 Å². The monoisotopic (exact) mass is 213 g/mol. The Morgan fingerprint density at radius 3 is 2.47 bits per heavy atom. The summed E-state index contributed by atoms with van der Waals surface area (Å²) in [7, 11) is 0. The molecule has 0 saturated heterocycles. The first-order chi connectivity index (χ1) is 6.99. The average molecular weight is 213 g/mol. The highest BCUT2D eigenvalue weighted by atomic mass is 16.5. The van der Waals surface area contributed by atoms with Crippen LogP contribution in [-0.2, 0) is 14.3 Å². The van der Waals surface area contributed by atoms with Crippen molar-refractivity contribution in [1.82, 2.24) is 0 Å². The molecular weight excluding hydrogens is 194 g/mol. The SMILES string of the molecule is CCCC(C(=O)OCC)C(C)(C)N=C=O. The third-order valence-corrected chi connectivity index (χ3v) is 2.34. The molecule has 0 heterocycles. The zero-order chi connectivity index (χ0) is 11.9. The van der Waals surface area contributed by atoms with Crippen LogP contribution in [0.1, 0.15) is 40.5 Å². The van der Waals surface area contributed by atoms with Crippen molar-refractivity contribution in [3.05, 3.63) is 0 Å². The topological polar surface area (TPSA) is 55.7 Å². The van der Waals surface area contributed by atoms with E-state index in [4.69, 9.17) is 4.74 Å². The Hall–Kier alpha value is -1.15. The van der Waals surface area contributed by atoms with E-state index in [9.17, 15) is 9.59 Å². The summed E-state index contributed by atoms with van der Waals surface area (Å²) in [6.45, 7) is 7.58. The van der Waals surface area contributed by atoms with Crippen LogP contribution in [0.4, 0.5) is 0 Å². The molecule has 0 aliphatic rings. The number of carbonyl (C=O) groups is 1. The predicted octanol–water partition coefficient (Wildman–Crippen LogP) is 2.08. The van der Waals surface area contributed by atoms with Gasteiger partial charge in [-0.05, 0) is 27.2 Å². The van der Waals surface area contributed by atoms with Gasteiger partial charge < -0.3 is 4.74 Å². The molecule has 0 aromatic carbocycles. The summed E-state index contributed by atoms with van der Waals surface area (Å²) < 4.78 is 4.96. The summed E-state index contributed by atoms with van der Waals surface area (Å²) in [5.74, 6) is -0.660. The normalized spacial score (nSPS) is 12.8. The molecule has 15 heavy (non-hydrogen) atoms. The van der Waals surface area contributed by atoms with Gasteiger partial charge in [0.05, 0.1) is 18.1 Å². The first kappa shape index (κ1) is 13.8. The molecule has 86 valence electrons. The van der Waals surface area contributed by atoms with E-state index in [1.54, 1.807) is 20.8 Å². The van der Waals surface area contributed by atoms with Gasteiger partial charge in [0.15, 0.2) is 0 Å². The van der Waals surface area contributed by atoms with E-state index in [2.05, 4.69) is 4.99 Å². The van der Waals surface area contributed by atoms with Crippen LogP contribution in [-0.4, -0.2) is 24.2 Å². The quantitative estimate of drug-likeness (QED) is 0.385. The van der Waals surface area contributed by atoms with Crippen LogP contribution in [0.3, 0.4) is 0 Å². The van der Waals surface area contributed by atoms with Gasteiger partial charge >= 0.3 is 5.97 Å². The molecule has 1 atom stereocenters. The van der Waals surface area contributed by atoms with Gasteiger partial charge in [-0.2, -0.15) is 4.99 Å². The number of rotatable bonds is 6. The lowest BCUT2D eigenvalue weighted by Crippen LogP contribution is -2.36. The van der Waals surface area contributed by atoms with Crippen LogP contribution in [0.5, 0.6) is 0 Å². The molecular formula is C11H19NO3. The number of carbonyl (C=O) groups excluding carboxylic acids is 2. The second-order valence-corrected chi connectivity index (χ2v) is 3.95. The largest absolute Gasteiger partial charge is 0.466 e. The summed E-state index contributed by atoms with van der Waals surface area (Å²) in [5, 5.41) is 0. The highest BCUT2D eigenvalue weighted by molar-refractivity contribution is 5.74. The van der Waals surface area contributed by atoms with Crippen molar-refractivity contribution in [2.75, 3.05) is 6.61 Å². The summed E-state index contributed by atoms with van der Waals surface area (Å²) in [6, 6.07) is 0. The molecule has 0 aromatic rings. The van der Waals surface area contributed by atoms with Crippen LogP contribution in [0.15, 0.2) is 4.99 Å². The van der Waals surface area contributed by atoms with Gasteiger partial charge in [0.2, 0.25) is 6.08 Å². The molecule has 0 radical (unpaired) electrons. The van der Waals surface area contributed by atoms with Gasteiger partial charge in [0.1, 0.15) is 0 Å². The third-order valence-electron chi connectivity index (χ3n) is 2.34. The smallest absolute Gasteiger partial charge is 0.311 e. The number of isocyanates is 1. The summed E-state index contributed by atoms with van der Waals surface area (Å²) in [6.07, 6.45) is 3.02. The van der Waals surface area contributed by atoms with Crippen molar-refractivity contribution in [2.45, 2.75) is 46.1 Å². The minimum Gasteiger partial charge on any atom is -0.466 e. The fourth-order valence-corrected chi connectivity index (χ4v) is 1.49. The van der Waals surface area contributed by atoms with E-state index in [-0.39, 0.29) is 11.9 Å². The first-order valence-electron chi connectivity index (χ1n) is 5.25. The lowest BCUT2D eigenvalue weighted by molar-refractivity contribution is -0.150. The van der Waals surface area contributed by atoms with E-state index in [0.29, 0.717) is 13.0 Å². The van der Waals surface area contributed by atoms with E-state index in [1.165, 1.54) is 6.08 Å². The van der Waals surface area contributed by atoms with Gasteiger partial charge in [0, 0.05) is 0 Å². The molecule has 0 aliphatic heterocycles. The summed E-state index contributed by atoms with van der Waals surface area (Å²) >= 11 is 0. The number of esters is 1. The predicted molar refractivity (Wildman–Crippen MR) is 57.2 cm³/mol. The molecule has 0 fully saturated rings. The van der Waals surface area contributed by atoms with E-state index >= 15 is 0 Å². The lowest BCUT2D eigenvalue weighted by Gasteiger charge is -2.27. The van der Waals surface area contributed by atoms with Crippen molar-refractivity contribution < 1.29 is 14.3 Å². The second kappa shape index (κ2) is 6.36. The Balaban J connectivity index is 4.77. The molecule has 0 bridgehead atoms. The van der Waals surface area contributed by atoms with E-state index in [1.807, 2.05) is 6.92 Å². The standard InChI is InChI=1S/C11H19NO3/c1-5-7-9(10(14)15-6-2)11(3,4)12-8-13/h9H,5-7H2,1-4H3. The molecule has 4 nitrogen and oxygen atoms in total. The number of hydrogen-bond acceptors (Lipinski definition) is 4. The van der Waals surface area contributed by atoms with E-state index < -0.39 is 5.54 Å². The summed E-state index contributed by atoms with van der Waals surface area (Å²) in [4.78, 5) is 25.6. The Kier molecular flexibility index (Phi) is 5.87. The second-order valence-electron chi connectivity index (χ2n) is 3.95. The van der Waals surface area contributed by atoms with Crippen LogP contribution >= 0.6 is 0 Å². The number of nitrogens with zero attached hydrogens (tertiary/aromatic N) is 1. The maximum atomic E-state index is 11.6. The third kappa shape index (κ3) is 4.26. The fraction of sp³-hybridized carbons (Fsp3) is 0.818. The highest BCUT2D eigenvalue weighted by Gasteiger charge is 2.35. The van der Waals surface area contributed by atoms with Crippen LogP contribution in [0.2, 0.25) is 0 Å². The molecule has 0 amide bonds. The number of hydrogen-bond donors (Lipinski definition) is 0. The Labute approximate surface area is 90.7 Å². The van der Waals surface area contributed by atoms with Crippen LogP contribution < -0.4 is 0 Å². The molecule has 4 heteroatoms. The number of ether oxygens (including phenoxy) is 1. The van der Waals surface area contributed by atoms with Crippen molar-refractivity contribution in [3.8, 4) is 0 Å². The van der Waals surface area contributed by atoms with Crippen molar-refractivity contribution in [2.24, 2.45) is 10.9 Å². The van der Waals surface area contributed by atoms with Crippen molar-refractivity contribution in [1.29, 1.82) is 0 Å². The van der Waals surface area contributed by atoms with Gasteiger partial charge in [-0.3, -0.25) is 4.79 Å². The minimum absolute atomic E-state index is 0.289.